The molecule has 1 aliphatic rings. The van der Waals surface area contributed by atoms with Gasteiger partial charge in [-0.3, -0.25) is 9.59 Å². The van der Waals surface area contributed by atoms with E-state index < -0.39 is 5.41 Å². The Kier molecular flexibility index (Phi) is 5.85. The molecule has 3 aromatic carbocycles. The molecule has 4 nitrogen and oxygen atoms in total. The van der Waals surface area contributed by atoms with Gasteiger partial charge in [-0.25, -0.2) is 4.39 Å². The first-order valence-electron chi connectivity index (χ1n) is 10.4. The maximum absolute atomic E-state index is 14.5. The lowest BCUT2D eigenvalue weighted by molar-refractivity contribution is -0.129. The number of halogens is 1. The number of amides is 2. The molecule has 4 rings (SSSR count). The molecule has 0 spiro atoms. The number of benzene rings is 3. The normalized spacial score (nSPS) is 18.1. The van der Waals surface area contributed by atoms with Crippen LogP contribution in [0.1, 0.15) is 22.3 Å². The standard InChI is InChI=1S/C26H25FN2O2/c1-28-25(31)26(15-16-29(18-26)24(30)19-9-3-2-4-10-19)17-20-11-5-6-12-21(20)22-13-7-8-14-23(22)27/h2-14H,15-18H2,1H3,(H,28,31)/t26-/m0/s1. The zero-order valence-corrected chi connectivity index (χ0v) is 17.5. The molecule has 1 heterocycles. The summed E-state index contributed by atoms with van der Waals surface area (Å²) in [6.45, 7) is 0.828. The molecule has 3 aromatic rings. The summed E-state index contributed by atoms with van der Waals surface area (Å²) in [4.78, 5) is 27.8. The largest absolute Gasteiger partial charge is 0.359 e. The highest BCUT2D eigenvalue weighted by Gasteiger charge is 2.46. The number of hydrogen-bond acceptors (Lipinski definition) is 2. The van der Waals surface area contributed by atoms with Crippen molar-refractivity contribution in [2.24, 2.45) is 5.41 Å². The minimum atomic E-state index is -0.763. The van der Waals surface area contributed by atoms with Crippen LogP contribution in [0.15, 0.2) is 78.9 Å². The zero-order valence-electron chi connectivity index (χ0n) is 17.5. The van der Waals surface area contributed by atoms with Crippen LogP contribution in [-0.4, -0.2) is 36.9 Å². The van der Waals surface area contributed by atoms with E-state index in [1.807, 2.05) is 42.5 Å². The molecule has 31 heavy (non-hydrogen) atoms. The molecule has 0 radical (unpaired) electrons. The van der Waals surface area contributed by atoms with E-state index in [0.29, 0.717) is 37.1 Å². The van der Waals surface area contributed by atoms with Gasteiger partial charge < -0.3 is 10.2 Å². The number of hydrogen-bond donors (Lipinski definition) is 1. The highest BCUT2D eigenvalue weighted by Crippen LogP contribution is 2.38. The van der Waals surface area contributed by atoms with Crippen LogP contribution in [-0.2, 0) is 11.2 Å². The number of rotatable bonds is 5. The molecule has 1 N–H and O–H groups in total. The molecular formula is C26H25FN2O2. The lowest BCUT2D eigenvalue weighted by Gasteiger charge is -2.28. The van der Waals surface area contributed by atoms with Crippen LogP contribution in [0.3, 0.4) is 0 Å². The van der Waals surface area contributed by atoms with E-state index in [2.05, 4.69) is 5.32 Å². The van der Waals surface area contributed by atoms with Gasteiger partial charge in [0.05, 0.1) is 5.41 Å². The van der Waals surface area contributed by atoms with Crippen LogP contribution in [0, 0.1) is 11.2 Å². The Morgan fingerprint density at radius 2 is 1.58 bits per heavy atom. The summed E-state index contributed by atoms with van der Waals surface area (Å²) in [6, 6.07) is 23.4. The monoisotopic (exact) mass is 416 g/mol. The van der Waals surface area contributed by atoms with E-state index in [0.717, 1.165) is 11.1 Å². The van der Waals surface area contributed by atoms with E-state index in [1.54, 1.807) is 42.3 Å². The molecule has 0 unspecified atom stereocenters. The topological polar surface area (TPSA) is 49.4 Å². The molecular weight excluding hydrogens is 391 g/mol. The summed E-state index contributed by atoms with van der Waals surface area (Å²) in [7, 11) is 1.62. The third-order valence-electron chi connectivity index (χ3n) is 6.08. The van der Waals surface area contributed by atoms with Crippen molar-refractivity contribution in [1.82, 2.24) is 10.2 Å². The molecule has 0 bridgehead atoms. The summed E-state index contributed by atoms with van der Waals surface area (Å²) in [6.07, 6.45) is 0.979. The van der Waals surface area contributed by atoms with Crippen molar-refractivity contribution in [3.63, 3.8) is 0 Å². The van der Waals surface area contributed by atoms with E-state index in [1.165, 1.54) is 6.07 Å². The number of nitrogens with zero attached hydrogens (tertiary/aromatic N) is 1. The smallest absolute Gasteiger partial charge is 0.253 e. The Morgan fingerprint density at radius 1 is 0.935 bits per heavy atom. The second-order valence-corrected chi connectivity index (χ2v) is 8.02. The van der Waals surface area contributed by atoms with Crippen LogP contribution >= 0.6 is 0 Å². The van der Waals surface area contributed by atoms with Crippen LogP contribution < -0.4 is 5.32 Å². The fourth-order valence-electron chi connectivity index (χ4n) is 4.47. The van der Waals surface area contributed by atoms with Crippen molar-refractivity contribution in [2.75, 3.05) is 20.1 Å². The Labute approximate surface area is 181 Å². The SMILES string of the molecule is CNC(=O)[C@]1(Cc2ccccc2-c2ccccc2F)CCN(C(=O)c2ccccc2)C1. The molecule has 0 aliphatic carbocycles. The van der Waals surface area contributed by atoms with Crippen molar-refractivity contribution < 1.29 is 14.0 Å². The molecule has 1 aliphatic heterocycles. The number of likely N-dealkylation sites (tertiary alicyclic amines) is 1. The second-order valence-electron chi connectivity index (χ2n) is 8.02. The minimum absolute atomic E-state index is 0.0752. The van der Waals surface area contributed by atoms with Gasteiger partial charge in [-0.2, -0.15) is 0 Å². The summed E-state index contributed by atoms with van der Waals surface area (Å²) in [5.74, 6) is -0.468. The van der Waals surface area contributed by atoms with Crippen molar-refractivity contribution in [1.29, 1.82) is 0 Å². The van der Waals surface area contributed by atoms with Crippen LogP contribution in [0.5, 0.6) is 0 Å². The third kappa shape index (κ3) is 4.08. The third-order valence-corrected chi connectivity index (χ3v) is 6.08. The van der Waals surface area contributed by atoms with Gasteiger partial charge in [0.1, 0.15) is 5.82 Å². The average Bonchev–Trinajstić information content (AvgIpc) is 3.24. The van der Waals surface area contributed by atoms with Gasteiger partial charge in [0.25, 0.3) is 5.91 Å². The summed E-state index contributed by atoms with van der Waals surface area (Å²) < 4.78 is 14.5. The van der Waals surface area contributed by atoms with Crippen molar-refractivity contribution in [3.05, 3.63) is 95.8 Å². The van der Waals surface area contributed by atoms with E-state index >= 15 is 0 Å². The highest BCUT2D eigenvalue weighted by atomic mass is 19.1. The lowest BCUT2D eigenvalue weighted by atomic mass is 9.78. The Bertz CT molecular complexity index is 1100. The maximum atomic E-state index is 14.5. The molecule has 5 heteroatoms. The summed E-state index contributed by atoms with van der Waals surface area (Å²) >= 11 is 0. The molecule has 2 amide bonds. The number of carbonyl (C=O) groups excluding carboxylic acids is 2. The second kappa shape index (κ2) is 8.72. The molecule has 1 fully saturated rings. The van der Waals surface area contributed by atoms with Gasteiger partial charge in [0.15, 0.2) is 0 Å². The van der Waals surface area contributed by atoms with Gasteiger partial charge in [-0.05, 0) is 42.2 Å². The van der Waals surface area contributed by atoms with Crippen molar-refractivity contribution in [2.45, 2.75) is 12.8 Å². The first kappa shape index (κ1) is 20.8. The molecule has 1 atom stereocenters. The fourth-order valence-corrected chi connectivity index (χ4v) is 4.47. The predicted octanol–water partition coefficient (Wildman–Crippen LogP) is 4.31. The van der Waals surface area contributed by atoms with Gasteiger partial charge in [0, 0.05) is 31.3 Å². The molecule has 158 valence electrons. The zero-order chi connectivity index (χ0) is 21.8. The quantitative estimate of drug-likeness (QED) is 0.674. The number of carbonyl (C=O) groups is 2. The Morgan fingerprint density at radius 3 is 2.29 bits per heavy atom. The average molecular weight is 416 g/mol. The van der Waals surface area contributed by atoms with E-state index in [4.69, 9.17) is 0 Å². The van der Waals surface area contributed by atoms with Gasteiger partial charge in [-0.15, -0.1) is 0 Å². The first-order valence-corrected chi connectivity index (χ1v) is 10.4. The summed E-state index contributed by atoms with van der Waals surface area (Å²) in [5, 5.41) is 2.79. The van der Waals surface area contributed by atoms with Crippen molar-refractivity contribution in [3.8, 4) is 11.1 Å². The van der Waals surface area contributed by atoms with Crippen LogP contribution in [0.4, 0.5) is 4.39 Å². The highest BCUT2D eigenvalue weighted by molar-refractivity contribution is 5.95. The van der Waals surface area contributed by atoms with Crippen LogP contribution in [0.25, 0.3) is 11.1 Å². The van der Waals surface area contributed by atoms with Crippen LogP contribution in [0.2, 0.25) is 0 Å². The van der Waals surface area contributed by atoms with Crippen molar-refractivity contribution >= 4 is 11.8 Å². The molecule has 0 saturated carbocycles. The first-order chi connectivity index (χ1) is 15.0. The minimum Gasteiger partial charge on any atom is -0.359 e. The van der Waals surface area contributed by atoms with E-state index in [-0.39, 0.29) is 17.6 Å². The number of nitrogens with one attached hydrogen (secondary N) is 1. The Balaban J connectivity index is 1.66. The maximum Gasteiger partial charge on any atom is 0.253 e. The predicted molar refractivity (Wildman–Crippen MR) is 119 cm³/mol. The summed E-state index contributed by atoms with van der Waals surface area (Å²) in [5.41, 5.74) is 2.03. The molecule has 1 saturated heterocycles. The lowest BCUT2D eigenvalue weighted by Crippen LogP contribution is -2.44. The van der Waals surface area contributed by atoms with E-state index in [9.17, 15) is 14.0 Å². The molecule has 0 aromatic heterocycles. The fraction of sp³-hybridized carbons (Fsp3) is 0.231. The Hall–Kier alpha value is -3.47. The van der Waals surface area contributed by atoms with Gasteiger partial charge in [0.2, 0.25) is 5.91 Å². The van der Waals surface area contributed by atoms with Gasteiger partial charge in [-0.1, -0.05) is 60.7 Å². The van der Waals surface area contributed by atoms with Gasteiger partial charge >= 0.3 is 0 Å².